The van der Waals surface area contributed by atoms with Crippen molar-refractivity contribution in [3.63, 3.8) is 0 Å². The Morgan fingerprint density at radius 3 is 2.58 bits per heavy atom. The number of hydrogen-bond acceptors (Lipinski definition) is 5. The van der Waals surface area contributed by atoms with Gasteiger partial charge in [-0.15, -0.1) is 0 Å². The van der Waals surface area contributed by atoms with Crippen LogP contribution in [-0.4, -0.2) is 36.4 Å². The van der Waals surface area contributed by atoms with Gasteiger partial charge in [0.15, 0.2) is 11.2 Å². The number of hydrogen-bond donors (Lipinski definition) is 2. The van der Waals surface area contributed by atoms with Crippen LogP contribution < -0.4 is 16.6 Å². The summed E-state index contributed by atoms with van der Waals surface area (Å²) < 4.78 is 4.06. The van der Waals surface area contributed by atoms with Crippen molar-refractivity contribution in [2.45, 2.75) is 19.5 Å². The fourth-order valence-electron chi connectivity index (χ4n) is 2.77. The normalized spacial score (nSPS) is 12.5. The molecular formula is C17H20ClN5O3. The first-order valence-corrected chi connectivity index (χ1v) is 8.50. The maximum absolute atomic E-state index is 12.7. The molecule has 26 heavy (non-hydrogen) atoms. The Labute approximate surface area is 154 Å². The molecule has 0 saturated carbocycles. The Morgan fingerprint density at radius 2 is 1.92 bits per heavy atom. The van der Waals surface area contributed by atoms with Crippen LogP contribution in [0.4, 0.5) is 5.95 Å². The van der Waals surface area contributed by atoms with Crippen LogP contribution in [0.1, 0.15) is 12.5 Å². The molecule has 2 N–H and O–H groups in total. The summed E-state index contributed by atoms with van der Waals surface area (Å²) in [4.78, 5) is 29.4. The van der Waals surface area contributed by atoms with E-state index >= 15 is 0 Å². The molecule has 0 radical (unpaired) electrons. The molecule has 2 aromatic heterocycles. The number of aryl methyl sites for hydroxylation is 1. The lowest BCUT2D eigenvalue weighted by Crippen LogP contribution is -2.37. The molecule has 0 aliphatic carbocycles. The summed E-state index contributed by atoms with van der Waals surface area (Å²) in [6.45, 7) is 1.98. The van der Waals surface area contributed by atoms with Crippen molar-refractivity contribution in [1.29, 1.82) is 0 Å². The Hall–Kier alpha value is -2.58. The van der Waals surface area contributed by atoms with Gasteiger partial charge in [-0.3, -0.25) is 18.5 Å². The van der Waals surface area contributed by atoms with Crippen molar-refractivity contribution < 1.29 is 5.11 Å². The standard InChI is InChI=1S/C17H20ClN5O3/c1-10(9-24)19-16-20-14-13(15(25)22(3)17(26)21(14)2)23(16)8-11-6-4-5-7-12(11)18/h4-7,10,24H,8-9H2,1-3H3,(H,19,20)/t10-/m1/s1. The summed E-state index contributed by atoms with van der Waals surface area (Å²) in [5, 5.41) is 13.0. The molecule has 0 amide bonds. The Kier molecular flexibility index (Phi) is 4.88. The van der Waals surface area contributed by atoms with Crippen LogP contribution in [0.25, 0.3) is 11.2 Å². The van der Waals surface area contributed by atoms with Crippen molar-refractivity contribution in [1.82, 2.24) is 18.7 Å². The smallest absolute Gasteiger partial charge is 0.332 e. The highest BCUT2D eigenvalue weighted by molar-refractivity contribution is 6.31. The molecule has 0 aliphatic rings. The number of nitrogens with one attached hydrogen (secondary N) is 1. The number of rotatable bonds is 5. The molecule has 0 aliphatic heterocycles. The van der Waals surface area contributed by atoms with Crippen LogP contribution in [0.15, 0.2) is 33.9 Å². The quantitative estimate of drug-likeness (QED) is 0.689. The first kappa shape index (κ1) is 18.2. The molecule has 3 rings (SSSR count). The second kappa shape index (κ2) is 6.97. The lowest BCUT2D eigenvalue weighted by atomic mass is 10.2. The van der Waals surface area contributed by atoms with Crippen molar-refractivity contribution >= 4 is 28.7 Å². The summed E-state index contributed by atoms with van der Waals surface area (Å²) >= 11 is 6.27. The van der Waals surface area contributed by atoms with E-state index in [1.165, 1.54) is 11.6 Å². The summed E-state index contributed by atoms with van der Waals surface area (Å²) in [7, 11) is 3.00. The van der Waals surface area contributed by atoms with E-state index in [0.29, 0.717) is 23.0 Å². The number of aromatic nitrogens is 4. The molecule has 2 heterocycles. The highest BCUT2D eigenvalue weighted by Crippen LogP contribution is 2.22. The van der Waals surface area contributed by atoms with Gasteiger partial charge < -0.3 is 10.4 Å². The number of halogens is 1. The summed E-state index contributed by atoms with van der Waals surface area (Å²) in [5.74, 6) is 0.389. The van der Waals surface area contributed by atoms with Crippen LogP contribution in [0.5, 0.6) is 0 Å². The average molecular weight is 378 g/mol. The number of aliphatic hydroxyl groups excluding tert-OH is 1. The third-order valence-corrected chi connectivity index (χ3v) is 4.65. The van der Waals surface area contributed by atoms with Gasteiger partial charge in [0, 0.05) is 25.2 Å². The van der Waals surface area contributed by atoms with E-state index < -0.39 is 11.2 Å². The molecule has 138 valence electrons. The predicted octanol–water partition coefficient (Wildman–Crippen LogP) is 0.928. The van der Waals surface area contributed by atoms with Gasteiger partial charge in [-0.05, 0) is 18.6 Å². The Morgan fingerprint density at radius 1 is 1.23 bits per heavy atom. The molecule has 0 bridgehead atoms. The van der Waals surface area contributed by atoms with E-state index in [2.05, 4.69) is 10.3 Å². The zero-order valence-corrected chi connectivity index (χ0v) is 15.5. The average Bonchev–Trinajstić information content (AvgIpc) is 2.98. The van der Waals surface area contributed by atoms with Gasteiger partial charge >= 0.3 is 5.69 Å². The van der Waals surface area contributed by atoms with E-state index in [1.54, 1.807) is 24.6 Å². The molecule has 0 fully saturated rings. The van der Waals surface area contributed by atoms with Gasteiger partial charge in [-0.2, -0.15) is 4.98 Å². The van der Waals surface area contributed by atoms with Gasteiger partial charge in [0.1, 0.15) is 0 Å². The highest BCUT2D eigenvalue weighted by Gasteiger charge is 2.20. The first-order chi connectivity index (χ1) is 12.3. The van der Waals surface area contributed by atoms with E-state index in [0.717, 1.165) is 10.1 Å². The minimum Gasteiger partial charge on any atom is -0.394 e. The number of benzene rings is 1. The molecular weight excluding hydrogens is 358 g/mol. The third kappa shape index (κ3) is 3.02. The van der Waals surface area contributed by atoms with Crippen molar-refractivity contribution in [3.05, 3.63) is 55.7 Å². The maximum Gasteiger partial charge on any atom is 0.332 e. The fraction of sp³-hybridized carbons (Fsp3) is 0.353. The minimum absolute atomic E-state index is 0.105. The summed E-state index contributed by atoms with van der Waals surface area (Å²) in [6, 6.07) is 7.04. The first-order valence-electron chi connectivity index (χ1n) is 8.12. The number of anilines is 1. The number of nitrogens with zero attached hydrogens (tertiary/aromatic N) is 4. The van der Waals surface area contributed by atoms with Crippen LogP contribution in [0.2, 0.25) is 5.02 Å². The monoisotopic (exact) mass is 377 g/mol. The predicted molar refractivity (Wildman–Crippen MR) is 101 cm³/mol. The Balaban J connectivity index is 2.30. The van der Waals surface area contributed by atoms with Gasteiger partial charge in [-0.25, -0.2) is 4.79 Å². The van der Waals surface area contributed by atoms with Gasteiger partial charge in [-0.1, -0.05) is 29.8 Å². The SMILES string of the molecule is C[C@H](CO)Nc1nc2c(c(=O)n(C)c(=O)n2C)n1Cc1ccccc1Cl. The zero-order valence-electron chi connectivity index (χ0n) is 14.7. The van der Waals surface area contributed by atoms with Crippen LogP contribution in [0, 0.1) is 0 Å². The second-order valence-corrected chi connectivity index (χ2v) is 6.63. The molecule has 3 aromatic rings. The van der Waals surface area contributed by atoms with Gasteiger partial charge in [0.05, 0.1) is 13.2 Å². The lowest BCUT2D eigenvalue weighted by molar-refractivity contribution is 0.281. The highest BCUT2D eigenvalue weighted by atomic mass is 35.5. The molecule has 0 spiro atoms. The van der Waals surface area contributed by atoms with Crippen molar-refractivity contribution in [2.24, 2.45) is 14.1 Å². The lowest BCUT2D eigenvalue weighted by Gasteiger charge is -2.15. The second-order valence-electron chi connectivity index (χ2n) is 6.22. The van der Waals surface area contributed by atoms with Crippen LogP contribution in [0.3, 0.4) is 0 Å². The van der Waals surface area contributed by atoms with E-state index in [4.69, 9.17) is 11.6 Å². The Bertz CT molecular complexity index is 1080. The van der Waals surface area contributed by atoms with Crippen molar-refractivity contribution in [2.75, 3.05) is 11.9 Å². The maximum atomic E-state index is 12.7. The molecule has 1 atom stereocenters. The van der Waals surface area contributed by atoms with Crippen molar-refractivity contribution in [3.8, 4) is 0 Å². The number of fused-ring (bicyclic) bond motifs is 1. The van der Waals surface area contributed by atoms with Crippen LogP contribution >= 0.6 is 11.6 Å². The van der Waals surface area contributed by atoms with E-state index in [9.17, 15) is 14.7 Å². The largest absolute Gasteiger partial charge is 0.394 e. The fourth-order valence-corrected chi connectivity index (χ4v) is 2.97. The molecule has 0 unspecified atom stereocenters. The minimum atomic E-state index is -0.452. The van der Waals surface area contributed by atoms with Gasteiger partial charge in [0.2, 0.25) is 5.95 Å². The third-order valence-electron chi connectivity index (χ3n) is 4.28. The molecule has 0 saturated heterocycles. The number of aliphatic hydroxyl groups is 1. The summed E-state index contributed by atoms with van der Waals surface area (Å²) in [5.41, 5.74) is 0.489. The van der Waals surface area contributed by atoms with Gasteiger partial charge in [0.25, 0.3) is 5.56 Å². The molecule has 9 heteroatoms. The summed E-state index contributed by atoms with van der Waals surface area (Å²) in [6.07, 6.45) is 0. The zero-order chi connectivity index (χ0) is 19.0. The topological polar surface area (TPSA) is 94.1 Å². The van der Waals surface area contributed by atoms with E-state index in [-0.39, 0.29) is 18.3 Å². The van der Waals surface area contributed by atoms with Crippen LogP contribution in [-0.2, 0) is 20.6 Å². The number of imidazole rings is 1. The molecule has 1 aromatic carbocycles. The molecule has 8 nitrogen and oxygen atoms in total. The van der Waals surface area contributed by atoms with E-state index in [1.807, 2.05) is 18.2 Å².